The molecule has 1 amide bonds. The summed E-state index contributed by atoms with van der Waals surface area (Å²) in [6.07, 6.45) is 3.22. The topological polar surface area (TPSA) is 46.3 Å². The van der Waals surface area contributed by atoms with Crippen molar-refractivity contribution in [3.05, 3.63) is 12.2 Å². The van der Waals surface area contributed by atoms with Crippen molar-refractivity contribution in [2.75, 3.05) is 13.2 Å². The van der Waals surface area contributed by atoms with E-state index in [4.69, 9.17) is 5.73 Å². The van der Waals surface area contributed by atoms with E-state index in [9.17, 15) is 4.79 Å². The van der Waals surface area contributed by atoms with Crippen molar-refractivity contribution in [1.29, 1.82) is 0 Å². The van der Waals surface area contributed by atoms with Crippen molar-refractivity contribution in [1.82, 2.24) is 4.90 Å². The number of nitrogens with zero attached hydrogens (tertiary/aromatic N) is 1. The largest absolute Gasteiger partial charge is 0.327 e. The monoisotopic (exact) mass is 142 g/mol. The molecule has 0 rings (SSSR count). The van der Waals surface area contributed by atoms with E-state index in [-0.39, 0.29) is 5.91 Å². The number of allylic oxidation sites excluding steroid dienone is 1. The van der Waals surface area contributed by atoms with Gasteiger partial charge in [-0.3, -0.25) is 4.79 Å². The number of hydrogen-bond acceptors (Lipinski definition) is 2. The van der Waals surface area contributed by atoms with Gasteiger partial charge in [-0.1, -0.05) is 6.08 Å². The van der Waals surface area contributed by atoms with Gasteiger partial charge in [0.2, 0.25) is 5.91 Å². The van der Waals surface area contributed by atoms with Gasteiger partial charge < -0.3 is 10.6 Å². The molecule has 0 unspecified atom stereocenters. The first kappa shape index (κ1) is 9.17. The average molecular weight is 142 g/mol. The molecule has 0 spiro atoms. The summed E-state index contributed by atoms with van der Waals surface area (Å²) in [6, 6.07) is 0. The smallest absolute Gasteiger partial charge is 0.247 e. The van der Waals surface area contributed by atoms with Crippen molar-refractivity contribution >= 4 is 5.91 Å². The first-order chi connectivity index (χ1) is 4.76. The maximum Gasteiger partial charge on any atom is 0.247 e. The molecule has 58 valence electrons. The van der Waals surface area contributed by atoms with E-state index in [2.05, 4.69) is 0 Å². The standard InChI is InChI=1S/C7H14N2O/c1-3-5-7(10)9(4-2)6-8/h3,5H,4,6,8H2,1-2H3/b5-3+. The molecule has 0 aromatic rings. The molecule has 0 aliphatic heterocycles. The zero-order valence-corrected chi connectivity index (χ0v) is 6.50. The summed E-state index contributed by atoms with van der Waals surface area (Å²) in [5, 5.41) is 0. The second kappa shape index (κ2) is 4.99. The molecule has 0 saturated carbocycles. The minimum Gasteiger partial charge on any atom is -0.327 e. The van der Waals surface area contributed by atoms with Gasteiger partial charge in [0.05, 0.1) is 6.67 Å². The first-order valence-electron chi connectivity index (χ1n) is 3.37. The Labute approximate surface area is 61.5 Å². The maximum absolute atomic E-state index is 11.0. The van der Waals surface area contributed by atoms with E-state index >= 15 is 0 Å². The second-order valence-electron chi connectivity index (χ2n) is 1.88. The minimum atomic E-state index is -0.0208. The minimum absolute atomic E-state index is 0.0208. The zero-order chi connectivity index (χ0) is 7.98. The summed E-state index contributed by atoms with van der Waals surface area (Å²) in [5.41, 5.74) is 5.29. The molecule has 0 aliphatic rings. The zero-order valence-electron chi connectivity index (χ0n) is 6.50. The third-order valence-corrected chi connectivity index (χ3v) is 1.22. The van der Waals surface area contributed by atoms with E-state index < -0.39 is 0 Å². The van der Waals surface area contributed by atoms with Crippen molar-refractivity contribution < 1.29 is 4.79 Å². The lowest BCUT2D eigenvalue weighted by atomic mass is 10.4. The Morgan fingerprint density at radius 2 is 2.30 bits per heavy atom. The van der Waals surface area contributed by atoms with Gasteiger partial charge in [-0.2, -0.15) is 0 Å². The number of hydrogen-bond donors (Lipinski definition) is 1. The van der Waals surface area contributed by atoms with Gasteiger partial charge in [-0.15, -0.1) is 0 Å². The molecule has 0 atom stereocenters. The van der Waals surface area contributed by atoms with Crippen molar-refractivity contribution in [2.24, 2.45) is 5.73 Å². The van der Waals surface area contributed by atoms with Crippen LogP contribution in [0, 0.1) is 0 Å². The molecule has 3 heteroatoms. The fraction of sp³-hybridized carbons (Fsp3) is 0.571. The van der Waals surface area contributed by atoms with E-state index in [0.717, 1.165) is 0 Å². The maximum atomic E-state index is 11.0. The lowest BCUT2D eigenvalue weighted by Gasteiger charge is -2.15. The molecule has 0 saturated heterocycles. The van der Waals surface area contributed by atoms with E-state index in [1.807, 2.05) is 13.8 Å². The Balaban J connectivity index is 3.89. The highest BCUT2D eigenvalue weighted by atomic mass is 16.2. The molecule has 0 bridgehead atoms. The molecule has 2 N–H and O–H groups in total. The van der Waals surface area contributed by atoms with Crippen LogP contribution in [0.1, 0.15) is 13.8 Å². The lowest BCUT2D eigenvalue weighted by molar-refractivity contribution is -0.125. The summed E-state index contributed by atoms with van der Waals surface area (Å²) in [7, 11) is 0. The van der Waals surface area contributed by atoms with Crippen LogP contribution in [0.15, 0.2) is 12.2 Å². The van der Waals surface area contributed by atoms with Crippen LogP contribution in [-0.2, 0) is 4.79 Å². The molecule has 0 radical (unpaired) electrons. The van der Waals surface area contributed by atoms with Crippen molar-refractivity contribution in [2.45, 2.75) is 13.8 Å². The van der Waals surface area contributed by atoms with Crippen LogP contribution in [0.5, 0.6) is 0 Å². The summed E-state index contributed by atoms with van der Waals surface area (Å²) in [4.78, 5) is 12.5. The van der Waals surface area contributed by atoms with E-state index in [1.165, 1.54) is 6.08 Å². The molecular weight excluding hydrogens is 128 g/mol. The Morgan fingerprint density at radius 3 is 2.60 bits per heavy atom. The number of amides is 1. The molecule has 0 aromatic carbocycles. The summed E-state index contributed by atoms with van der Waals surface area (Å²) in [5.74, 6) is -0.0208. The fourth-order valence-corrected chi connectivity index (χ4v) is 0.623. The van der Waals surface area contributed by atoms with Crippen LogP contribution in [0.25, 0.3) is 0 Å². The third kappa shape index (κ3) is 2.64. The number of rotatable bonds is 3. The number of nitrogens with two attached hydrogens (primary N) is 1. The van der Waals surface area contributed by atoms with Gasteiger partial charge in [0.1, 0.15) is 0 Å². The lowest BCUT2D eigenvalue weighted by Crippen LogP contribution is -2.34. The summed E-state index contributed by atoms with van der Waals surface area (Å²) < 4.78 is 0. The van der Waals surface area contributed by atoms with Gasteiger partial charge in [0, 0.05) is 6.54 Å². The SMILES string of the molecule is C/C=C/C(=O)N(CC)CN. The highest BCUT2D eigenvalue weighted by Gasteiger charge is 2.02. The molecular formula is C7H14N2O. The van der Waals surface area contributed by atoms with Crippen LogP contribution in [0.4, 0.5) is 0 Å². The van der Waals surface area contributed by atoms with Gasteiger partial charge in [-0.25, -0.2) is 0 Å². The van der Waals surface area contributed by atoms with Gasteiger partial charge >= 0.3 is 0 Å². The Bertz CT molecular complexity index is 128. The molecule has 0 aliphatic carbocycles. The molecule has 0 heterocycles. The quantitative estimate of drug-likeness (QED) is 0.456. The van der Waals surface area contributed by atoms with Crippen LogP contribution in [0.3, 0.4) is 0 Å². The fourth-order valence-electron chi connectivity index (χ4n) is 0.623. The van der Waals surface area contributed by atoms with E-state index in [1.54, 1.807) is 11.0 Å². The van der Waals surface area contributed by atoms with Crippen LogP contribution < -0.4 is 5.73 Å². The van der Waals surface area contributed by atoms with Crippen LogP contribution in [-0.4, -0.2) is 24.0 Å². The Kier molecular flexibility index (Phi) is 4.58. The highest BCUT2D eigenvalue weighted by Crippen LogP contribution is 1.86. The molecule has 3 nitrogen and oxygen atoms in total. The van der Waals surface area contributed by atoms with Gasteiger partial charge in [0.15, 0.2) is 0 Å². The predicted octanol–water partition coefficient (Wildman–Crippen LogP) is 0.327. The normalized spacial score (nSPS) is 10.3. The van der Waals surface area contributed by atoms with Crippen molar-refractivity contribution in [3.63, 3.8) is 0 Å². The van der Waals surface area contributed by atoms with Crippen LogP contribution >= 0.6 is 0 Å². The first-order valence-corrected chi connectivity index (χ1v) is 3.37. The predicted molar refractivity (Wildman–Crippen MR) is 41.3 cm³/mol. The average Bonchev–Trinajstić information content (AvgIpc) is 1.91. The molecule has 0 aromatic heterocycles. The Hall–Kier alpha value is -0.830. The third-order valence-electron chi connectivity index (χ3n) is 1.22. The number of likely N-dealkylation sites (N-methyl/N-ethyl adjacent to an activating group) is 1. The van der Waals surface area contributed by atoms with E-state index in [0.29, 0.717) is 13.2 Å². The summed E-state index contributed by atoms with van der Waals surface area (Å²) in [6.45, 7) is 4.66. The number of carbonyl (C=O) groups excluding carboxylic acids is 1. The summed E-state index contributed by atoms with van der Waals surface area (Å²) >= 11 is 0. The second-order valence-corrected chi connectivity index (χ2v) is 1.88. The molecule has 10 heavy (non-hydrogen) atoms. The number of carbonyl (C=O) groups is 1. The highest BCUT2D eigenvalue weighted by molar-refractivity contribution is 5.87. The molecule has 0 fully saturated rings. The Morgan fingerprint density at radius 1 is 1.70 bits per heavy atom. The van der Waals surface area contributed by atoms with Gasteiger partial charge in [-0.05, 0) is 19.9 Å². The van der Waals surface area contributed by atoms with Crippen molar-refractivity contribution in [3.8, 4) is 0 Å². The van der Waals surface area contributed by atoms with Gasteiger partial charge in [0.25, 0.3) is 0 Å². The van der Waals surface area contributed by atoms with Crippen LogP contribution in [0.2, 0.25) is 0 Å².